The van der Waals surface area contributed by atoms with E-state index in [0.717, 1.165) is 37.3 Å². The third-order valence-electron chi connectivity index (χ3n) is 4.85. The van der Waals surface area contributed by atoms with E-state index in [9.17, 15) is 24.1 Å². The lowest BCUT2D eigenvalue weighted by atomic mass is 9.98. The van der Waals surface area contributed by atoms with E-state index in [1.165, 1.54) is 6.07 Å². The average molecular weight is 396 g/mol. The molecule has 150 valence electrons. The normalized spacial score (nSPS) is 26.5. The highest BCUT2D eigenvalue weighted by atomic mass is 35.5. The van der Waals surface area contributed by atoms with Gasteiger partial charge in [0, 0.05) is 0 Å². The fraction of sp³-hybridized carbons (Fsp3) is 0.667. The van der Waals surface area contributed by atoms with Gasteiger partial charge in [0.25, 0.3) is 0 Å². The van der Waals surface area contributed by atoms with Crippen LogP contribution in [0.25, 0.3) is 0 Å². The van der Waals surface area contributed by atoms with Gasteiger partial charge in [0.2, 0.25) is 0 Å². The Hall–Kier alpha value is -0.830. The van der Waals surface area contributed by atoms with E-state index in [1.807, 2.05) is 0 Å². The first-order chi connectivity index (χ1) is 11.9. The van der Waals surface area contributed by atoms with Crippen LogP contribution in [0.4, 0.5) is 8.78 Å². The van der Waals surface area contributed by atoms with E-state index in [1.54, 1.807) is 6.07 Å². The molecule has 1 aromatic carbocycles. The van der Waals surface area contributed by atoms with Crippen LogP contribution in [0.15, 0.2) is 18.2 Å². The molecule has 1 aliphatic heterocycles. The van der Waals surface area contributed by atoms with Crippen LogP contribution in [0.1, 0.15) is 37.7 Å². The van der Waals surface area contributed by atoms with Gasteiger partial charge in [-0.1, -0.05) is 25.3 Å². The van der Waals surface area contributed by atoms with Crippen molar-refractivity contribution in [2.75, 3.05) is 6.61 Å². The molecule has 2 rings (SSSR count). The van der Waals surface area contributed by atoms with Crippen LogP contribution in [0.2, 0.25) is 0 Å². The zero-order valence-electron chi connectivity index (χ0n) is 14.5. The topological polar surface area (TPSA) is 93.0 Å². The Morgan fingerprint density at radius 2 is 1.69 bits per heavy atom. The number of aliphatic hydroxyl groups excluding tert-OH is 4. The third kappa shape index (κ3) is 6.11. The van der Waals surface area contributed by atoms with Crippen molar-refractivity contribution in [3.05, 3.63) is 35.4 Å². The Bertz CT molecular complexity index is 552. The number of unbranched alkanes of at least 4 members (excludes halogenated alkanes) is 3. The number of halogens is 3. The summed E-state index contributed by atoms with van der Waals surface area (Å²) in [6.45, 7) is -0.300. The fourth-order valence-electron chi connectivity index (χ4n) is 3.31. The molecule has 0 saturated carbocycles. The highest BCUT2D eigenvalue weighted by Gasteiger charge is 2.43. The van der Waals surface area contributed by atoms with Crippen molar-refractivity contribution in [2.45, 2.75) is 68.9 Å². The van der Waals surface area contributed by atoms with Crippen LogP contribution in [0.3, 0.4) is 0 Å². The molecule has 1 aromatic rings. The lowest BCUT2D eigenvalue weighted by molar-refractivity contribution is -0.00443. The molecular formula is C18H28ClF2NO4. The minimum atomic E-state index is -1.10. The first-order valence-electron chi connectivity index (χ1n) is 8.79. The first kappa shape index (κ1) is 23.2. The van der Waals surface area contributed by atoms with Gasteiger partial charge in [-0.2, -0.15) is 0 Å². The Balaban J connectivity index is 0.00000338. The lowest BCUT2D eigenvalue weighted by Gasteiger charge is -2.22. The maximum atomic E-state index is 13.1. The van der Waals surface area contributed by atoms with Crippen molar-refractivity contribution >= 4 is 12.4 Å². The van der Waals surface area contributed by atoms with E-state index in [0.29, 0.717) is 12.8 Å². The number of aliphatic hydroxyl groups is 4. The van der Waals surface area contributed by atoms with Gasteiger partial charge < -0.3 is 25.7 Å². The van der Waals surface area contributed by atoms with Gasteiger partial charge in [0.1, 0.15) is 0 Å². The zero-order chi connectivity index (χ0) is 18.4. The van der Waals surface area contributed by atoms with E-state index in [2.05, 4.69) is 5.32 Å². The van der Waals surface area contributed by atoms with E-state index < -0.39 is 42.0 Å². The standard InChI is InChI=1S/C18H27F2NO4.ClH/c19-12-8-7-11(9-13(12)20)5-3-1-2-4-6-15(23)16-18(25)17(24)14(10-22)21-16;/h7-9,14-18,21-25H,1-6,10H2;1H/t14-,15+,16-,17-,18-;/m1./s1. The summed E-state index contributed by atoms with van der Waals surface area (Å²) in [5, 5.41) is 41.7. The number of hydrogen-bond acceptors (Lipinski definition) is 5. The van der Waals surface area contributed by atoms with Crippen molar-refractivity contribution in [3.8, 4) is 0 Å². The molecule has 0 amide bonds. The predicted octanol–water partition coefficient (Wildman–Crippen LogP) is 1.29. The fourth-order valence-corrected chi connectivity index (χ4v) is 3.31. The second-order valence-corrected chi connectivity index (χ2v) is 6.73. The number of nitrogens with one attached hydrogen (secondary N) is 1. The number of rotatable bonds is 9. The summed E-state index contributed by atoms with van der Waals surface area (Å²) in [6.07, 6.45) is 1.54. The quantitative estimate of drug-likeness (QED) is 0.406. The Morgan fingerprint density at radius 1 is 1.00 bits per heavy atom. The molecule has 0 aliphatic carbocycles. The summed E-state index contributed by atoms with van der Waals surface area (Å²) in [5.41, 5.74) is 0.765. The van der Waals surface area contributed by atoms with Gasteiger partial charge in [-0.3, -0.25) is 0 Å². The molecule has 1 fully saturated rings. The molecule has 0 spiro atoms. The monoisotopic (exact) mass is 395 g/mol. The first-order valence-corrected chi connectivity index (χ1v) is 8.79. The summed E-state index contributed by atoms with van der Waals surface area (Å²) in [6, 6.07) is 2.67. The summed E-state index contributed by atoms with van der Waals surface area (Å²) >= 11 is 0. The van der Waals surface area contributed by atoms with Crippen LogP contribution < -0.4 is 5.32 Å². The van der Waals surface area contributed by atoms with Crippen LogP contribution >= 0.6 is 12.4 Å². The van der Waals surface area contributed by atoms with E-state index >= 15 is 0 Å². The number of hydrogen-bond donors (Lipinski definition) is 5. The molecule has 5 N–H and O–H groups in total. The minimum Gasteiger partial charge on any atom is -0.395 e. The predicted molar refractivity (Wildman–Crippen MR) is 96.2 cm³/mol. The van der Waals surface area contributed by atoms with Crippen molar-refractivity contribution in [2.24, 2.45) is 0 Å². The second-order valence-electron chi connectivity index (χ2n) is 6.73. The van der Waals surface area contributed by atoms with Gasteiger partial charge in [-0.05, 0) is 37.0 Å². The molecule has 0 bridgehead atoms. The maximum absolute atomic E-state index is 13.1. The maximum Gasteiger partial charge on any atom is 0.159 e. The van der Waals surface area contributed by atoms with Crippen LogP contribution in [0.5, 0.6) is 0 Å². The lowest BCUT2D eigenvalue weighted by Crippen LogP contribution is -2.44. The van der Waals surface area contributed by atoms with Crippen LogP contribution in [0, 0.1) is 11.6 Å². The molecule has 0 aromatic heterocycles. The SMILES string of the molecule is Cl.OC[C@H]1N[C@H]([C@@H](O)CCCCCCc2ccc(F)c(F)c2)[C@@H](O)[C@@H]1O. The van der Waals surface area contributed by atoms with Crippen molar-refractivity contribution in [1.82, 2.24) is 5.32 Å². The summed E-state index contributed by atoms with van der Waals surface area (Å²) < 4.78 is 25.9. The molecule has 0 unspecified atom stereocenters. The second kappa shape index (κ2) is 11.1. The zero-order valence-corrected chi connectivity index (χ0v) is 15.3. The van der Waals surface area contributed by atoms with Gasteiger partial charge in [0.05, 0.1) is 37.0 Å². The summed E-state index contributed by atoms with van der Waals surface area (Å²) in [4.78, 5) is 0. The molecule has 5 atom stereocenters. The van der Waals surface area contributed by atoms with Gasteiger partial charge in [0.15, 0.2) is 11.6 Å². The molecule has 8 heteroatoms. The summed E-state index contributed by atoms with van der Waals surface area (Å²) in [5.74, 6) is -1.67. The molecular weight excluding hydrogens is 368 g/mol. The number of benzene rings is 1. The van der Waals surface area contributed by atoms with Crippen LogP contribution in [-0.4, -0.2) is 57.4 Å². The largest absolute Gasteiger partial charge is 0.395 e. The Labute approximate surface area is 158 Å². The molecule has 5 nitrogen and oxygen atoms in total. The van der Waals surface area contributed by atoms with Crippen molar-refractivity contribution in [3.63, 3.8) is 0 Å². The van der Waals surface area contributed by atoms with Crippen LogP contribution in [-0.2, 0) is 6.42 Å². The molecule has 1 heterocycles. The van der Waals surface area contributed by atoms with Crippen molar-refractivity contribution < 1.29 is 29.2 Å². The highest BCUT2D eigenvalue weighted by molar-refractivity contribution is 5.85. The third-order valence-corrected chi connectivity index (χ3v) is 4.85. The van der Waals surface area contributed by atoms with Crippen molar-refractivity contribution in [1.29, 1.82) is 0 Å². The molecule has 1 saturated heterocycles. The molecule has 26 heavy (non-hydrogen) atoms. The summed E-state index contributed by atoms with van der Waals surface area (Å²) in [7, 11) is 0. The minimum absolute atomic E-state index is 0. The average Bonchev–Trinajstić information content (AvgIpc) is 2.89. The number of aryl methyl sites for hydroxylation is 1. The highest BCUT2D eigenvalue weighted by Crippen LogP contribution is 2.20. The Kier molecular flexibility index (Phi) is 9.92. The van der Waals surface area contributed by atoms with Gasteiger partial charge >= 0.3 is 0 Å². The van der Waals surface area contributed by atoms with E-state index in [4.69, 9.17) is 5.11 Å². The van der Waals surface area contributed by atoms with E-state index in [-0.39, 0.29) is 19.0 Å². The molecule has 1 aliphatic rings. The van der Waals surface area contributed by atoms with Gasteiger partial charge in [-0.25, -0.2) is 8.78 Å². The smallest absolute Gasteiger partial charge is 0.159 e. The molecule has 0 radical (unpaired) electrons. The Morgan fingerprint density at radius 3 is 2.31 bits per heavy atom. The van der Waals surface area contributed by atoms with Gasteiger partial charge in [-0.15, -0.1) is 12.4 Å².